The number of aryl methyl sites for hydroxylation is 1. The zero-order valence-electron chi connectivity index (χ0n) is 10.1. The molecule has 0 radical (unpaired) electrons. The van der Waals surface area contributed by atoms with E-state index in [2.05, 4.69) is 15.1 Å². The molecular weight excluding hydrogens is 228 g/mol. The molecule has 0 atom stereocenters. The minimum absolute atomic E-state index is 0.199. The molecule has 3 rings (SSSR count). The van der Waals surface area contributed by atoms with Gasteiger partial charge in [0, 0.05) is 0 Å². The van der Waals surface area contributed by atoms with Crippen LogP contribution in [0.25, 0.3) is 16.9 Å². The molecule has 18 heavy (non-hydrogen) atoms. The van der Waals surface area contributed by atoms with Gasteiger partial charge in [0.1, 0.15) is 5.69 Å². The summed E-state index contributed by atoms with van der Waals surface area (Å²) in [7, 11) is 0. The Bertz CT molecular complexity index is 733. The smallest absolute Gasteiger partial charge is 0.172 e. The fourth-order valence-electron chi connectivity index (χ4n) is 1.91. The highest BCUT2D eigenvalue weighted by atomic mass is 16.3. The molecule has 2 heterocycles. The predicted octanol–water partition coefficient (Wildman–Crippen LogP) is 2.14. The summed E-state index contributed by atoms with van der Waals surface area (Å²) in [6.45, 7) is 3.56. The lowest BCUT2D eigenvalue weighted by atomic mass is 10.3. The molecule has 3 aromatic rings. The van der Waals surface area contributed by atoms with Crippen LogP contribution in [-0.2, 0) is 0 Å². The van der Waals surface area contributed by atoms with E-state index in [4.69, 9.17) is 0 Å². The maximum atomic E-state index is 9.77. The van der Waals surface area contributed by atoms with Crippen molar-refractivity contribution in [3.8, 4) is 11.6 Å². The molecule has 0 aliphatic rings. The number of fused-ring (bicyclic) bond motifs is 1. The molecule has 5 heteroatoms. The van der Waals surface area contributed by atoms with Crippen LogP contribution in [0, 0.1) is 13.8 Å². The topological polar surface area (TPSA) is 63.8 Å². The third kappa shape index (κ3) is 1.52. The summed E-state index contributed by atoms with van der Waals surface area (Å²) in [6.07, 6.45) is 1.65. The summed E-state index contributed by atoms with van der Waals surface area (Å²) >= 11 is 0. The quantitative estimate of drug-likeness (QED) is 0.707. The molecular formula is C13H12N4O. The molecule has 1 N–H and O–H groups in total. The number of hydrogen-bond donors (Lipinski definition) is 1. The van der Waals surface area contributed by atoms with Crippen molar-refractivity contribution in [2.24, 2.45) is 0 Å². The third-order valence-corrected chi connectivity index (χ3v) is 2.91. The molecule has 2 aromatic heterocycles. The van der Waals surface area contributed by atoms with Gasteiger partial charge < -0.3 is 5.11 Å². The van der Waals surface area contributed by atoms with Gasteiger partial charge >= 0.3 is 0 Å². The number of nitrogens with zero attached hydrogens (tertiary/aromatic N) is 4. The predicted molar refractivity (Wildman–Crippen MR) is 67.8 cm³/mol. The van der Waals surface area contributed by atoms with Crippen LogP contribution in [0.3, 0.4) is 0 Å². The SMILES string of the molecule is Cc1nn(-c2cnc3ccccc3n2)c(C)c1O. The van der Waals surface area contributed by atoms with Crippen LogP contribution in [0.1, 0.15) is 11.4 Å². The Kier molecular flexibility index (Phi) is 2.26. The third-order valence-electron chi connectivity index (χ3n) is 2.91. The van der Waals surface area contributed by atoms with E-state index in [0.29, 0.717) is 17.2 Å². The molecule has 0 aliphatic heterocycles. The number of aromatic hydroxyl groups is 1. The molecule has 5 nitrogen and oxygen atoms in total. The van der Waals surface area contributed by atoms with Gasteiger partial charge in [0.2, 0.25) is 0 Å². The Balaban J connectivity index is 2.22. The van der Waals surface area contributed by atoms with Crippen molar-refractivity contribution >= 4 is 11.0 Å². The first-order chi connectivity index (χ1) is 8.66. The van der Waals surface area contributed by atoms with E-state index in [9.17, 15) is 5.11 Å². The van der Waals surface area contributed by atoms with E-state index < -0.39 is 0 Å². The van der Waals surface area contributed by atoms with Crippen molar-refractivity contribution in [2.75, 3.05) is 0 Å². The summed E-state index contributed by atoms with van der Waals surface area (Å²) in [5.41, 5.74) is 2.90. The van der Waals surface area contributed by atoms with E-state index in [0.717, 1.165) is 11.0 Å². The summed E-state index contributed by atoms with van der Waals surface area (Å²) in [4.78, 5) is 8.82. The van der Waals surface area contributed by atoms with E-state index in [1.165, 1.54) is 0 Å². The van der Waals surface area contributed by atoms with Crippen molar-refractivity contribution in [2.45, 2.75) is 13.8 Å². The van der Waals surface area contributed by atoms with Gasteiger partial charge in [0.15, 0.2) is 11.6 Å². The highest BCUT2D eigenvalue weighted by Gasteiger charge is 2.12. The number of hydrogen-bond acceptors (Lipinski definition) is 4. The normalized spacial score (nSPS) is 11.0. The number of aromatic nitrogens is 4. The first-order valence-electron chi connectivity index (χ1n) is 5.64. The fraction of sp³-hybridized carbons (Fsp3) is 0.154. The van der Waals surface area contributed by atoms with Crippen LogP contribution in [0.5, 0.6) is 5.75 Å². The highest BCUT2D eigenvalue weighted by molar-refractivity contribution is 5.74. The van der Waals surface area contributed by atoms with Crippen molar-refractivity contribution in [3.05, 3.63) is 41.9 Å². The van der Waals surface area contributed by atoms with Crippen LogP contribution in [0.4, 0.5) is 0 Å². The van der Waals surface area contributed by atoms with Crippen LogP contribution < -0.4 is 0 Å². The second kappa shape index (κ2) is 3.80. The van der Waals surface area contributed by atoms with Crippen molar-refractivity contribution in [3.63, 3.8) is 0 Å². The molecule has 0 saturated heterocycles. The van der Waals surface area contributed by atoms with E-state index in [-0.39, 0.29) is 5.75 Å². The molecule has 1 aromatic carbocycles. The zero-order valence-corrected chi connectivity index (χ0v) is 10.1. The standard InChI is InChI=1S/C13H12N4O/c1-8-13(18)9(2)17(16-8)12-7-14-10-5-3-4-6-11(10)15-12/h3-7,18H,1-2H3. The lowest BCUT2D eigenvalue weighted by molar-refractivity contribution is 0.466. The maximum absolute atomic E-state index is 9.77. The van der Waals surface area contributed by atoms with Gasteiger partial charge in [0.25, 0.3) is 0 Å². The first-order valence-corrected chi connectivity index (χ1v) is 5.64. The van der Waals surface area contributed by atoms with Gasteiger partial charge in [-0.05, 0) is 26.0 Å². The number of rotatable bonds is 1. The number of benzene rings is 1. The molecule has 0 saturated carbocycles. The van der Waals surface area contributed by atoms with Crippen LogP contribution in [0.2, 0.25) is 0 Å². The van der Waals surface area contributed by atoms with Crippen molar-refractivity contribution in [1.29, 1.82) is 0 Å². The van der Waals surface area contributed by atoms with Crippen LogP contribution in [-0.4, -0.2) is 24.9 Å². The van der Waals surface area contributed by atoms with E-state index in [1.807, 2.05) is 24.3 Å². The molecule has 0 unspecified atom stereocenters. The Morgan fingerprint density at radius 1 is 1.11 bits per heavy atom. The lowest BCUT2D eigenvalue weighted by Gasteiger charge is -2.03. The maximum Gasteiger partial charge on any atom is 0.172 e. The Morgan fingerprint density at radius 3 is 2.50 bits per heavy atom. The fourth-order valence-corrected chi connectivity index (χ4v) is 1.91. The number of para-hydroxylation sites is 2. The minimum atomic E-state index is 0.199. The average molecular weight is 240 g/mol. The second-order valence-corrected chi connectivity index (χ2v) is 4.15. The van der Waals surface area contributed by atoms with E-state index >= 15 is 0 Å². The van der Waals surface area contributed by atoms with Crippen molar-refractivity contribution in [1.82, 2.24) is 19.7 Å². The van der Waals surface area contributed by atoms with Gasteiger partial charge in [0.05, 0.1) is 22.9 Å². The Labute approximate surface area is 104 Å². The van der Waals surface area contributed by atoms with Gasteiger partial charge in [-0.15, -0.1) is 0 Å². The second-order valence-electron chi connectivity index (χ2n) is 4.15. The minimum Gasteiger partial charge on any atom is -0.504 e. The highest BCUT2D eigenvalue weighted by Crippen LogP contribution is 2.22. The molecule has 0 bridgehead atoms. The van der Waals surface area contributed by atoms with Gasteiger partial charge in [-0.1, -0.05) is 12.1 Å². The molecule has 0 amide bonds. The summed E-state index contributed by atoms with van der Waals surface area (Å²) in [6, 6.07) is 7.65. The molecule has 0 aliphatic carbocycles. The molecule has 0 fully saturated rings. The summed E-state index contributed by atoms with van der Waals surface area (Å²) in [5, 5.41) is 14.0. The molecule has 0 spiro atoms. The van der Waals surface area contributed by atoms with Crippen molar-refractivity contribution < 1.29 is 5.11 Å². The Morgan fingerprint density at radius 2 is 1.83 bits per heavy atom. The molecule has 90 valence electrons. The van der Waals surface area contributed by atoms with E-state index in [1.54, 1.807) is 24.7 Å². The van der Waals surface area contributed by atoms with Crippen LogP contribution in [0.15, 0.2) is 30.5 Å². The first kappa shape index (κ1) is 10.7. The van der Waals surface area contributed by atoms with Gasteiger partial charge in [-0.25, -0.2) is 9.67 Å². The summed E-state index contributed by atoms with van der Waals surface area (Å²) < 4.78 is 1.60. The van der Waals surface area contributed by atoms with Gasteiger partial charge in [-0.2, -0.15) is 5.10 Å². The lowest BCUT2D eigenvalue weighted by Crippen LogP contribution is -2.02. The van der Waals surface area contributed by atoms with Gasteiger partial charge in [-0.3, -0.25) is 4.98 Å². The Hall–Kier alpha value is -2.43. The largest absolute Gasteiger partial charge is 0.504 e. The summed E-state index contributed by atoms with van der Waals surface area (Å²) in [5.74, 6) is 0.805. The average Bonchev–Trinajstić information content (AvgIpc) is 2.66. The van der Waals surface area contributed by atoms with Crippen LogP contribution >= 0.6 is 0 Å². The monoisotopic (exact) mass is 240 g/mol. The zero-order chi connectivity index (χ0) is 12.7.